The van der Waals surface area contributed by atoms with Crippen LogP contribution in [-0.2, 0) is 4.74 Å². The van der Waals surface area contributed by atoms with E-state index < -0.39 is 5.60 Å². The van der Waals surface area contributed by atoms with Gasteiger partial charge < -0.3 is 14.5 Å². The number of aromatic nitrogens is 3. The smallest absolute Gasteiger partial charge is 0.410 e. The van der Waals surface area contributed by atoms with Crippen molar-refractivity contribution >= 4 is 24.2 Å². The van der Waals surface area contributed by atoms with Gasteiger partial charge in [-0.3, -0.25) is 0 Å². The largest absolute Gasteiger partial charge is 0.444 e. The molecule has 2 rings (SSSR count). The molecule has 0 radical (unpaired) electrons. The first-order valence-corrected chi connectivity index (χ1v) is 7.56. The fourth-order valence-corrected chi connectivity index (χ4v) is 2.14. The van der Waals surface area contributed by atoms with E-state index in [0.29, 0.717) is 43.8 Å². The van der Waals surface area contributed by atoms with E-state index in [0.717, 1.165) is 0 Å². The van der Waals surface area contributed by atoms with Crippen LogP contribution in [0.1, 0.15) is 32.4 Å². The second-order valence-electron chi connectivity index (χ2n) is 6.21. The van der Waals surface area contributed by atoms with Crippen LogP contribution >= 0.6 is 0 Å². The number of hydrogen-bond donors (Lipinski definition) is 0. The molecule has 23 heavy (non-hydrogen) atoms. The maximum absolute atomic E-state index is 12.1. The van der Waals surface area contributed by atoms with Gasteiger partial charge in [0.15, 0.2) is 11.6 Å². The first kappa shape index (κ1) is 16.9. The van der Waals surface area contributed by atoms with Crippen molar-refractivity contribution < 1.29 is 9.53 Å². The summed E-state index contributed by atoms with van der Waals surface area (Å²) in [7, 11) is 0. The predicted octanol–water partition coefficient (Wildman–Crippen LogP) is 2.21. The Balaban J connectivity index is 2.03. The standard InChI is InChI=1S/C16H23N5O2/c1-6-12-17-13(7-2)19-14(18-12)20-8-10-21(11-9-20)15(22)23-16(3,4)5/h6-7H,1-2,8-11H2,3-5H3. The zero-order chi connectivity index (χ0) is 17.0. The number of ether oxygens (including phenoxy) is 1. The summed E-state index contributed by atoms with van der Waals surface area (Å²) in [5.74, 6) is 1.60. The summed E-state index contributed by atoms with van der Waals surface area (Å²) in [6.07, 6.45) is 2.87. The van der Waals surface area contributed by atoms with Crippen molar-refractivity contribution in [3.05, 3.63) is 24.8 Å². The summed E-state index contributed by atoms with van der Waals surface area (Å²) in [5.41, 5.74) is -0.486. The van der Waals surface area contributed by atoms with Gasteiger partial charge in [0.2, 0.25) is 5.95 Å². The highest BCUT2D eigenvalue weighted by molar-refractivity contribution is 5.68. The van der Waals surface area contributed by atoms with Gasteiger partial charge in [-0.25, -0.2) is 9.78 Å². The molecule has 1 amide bonds. The Bertz CT molecular complexity index is 575. The van der Waals surface area contributed by atoms with Crippen LogP contribution in [0.5, 0.6) is 0 Å². The Morgan fingerprint density at radius 2 is 1.57 bits per heavy atom. The fraction of sp³-hybridized carbons (Fsp3) is 0.500. The van der Waals surface area contributed by atoms with E-state index >= 15 is 0 Å². The molecule has 2 heterocycles. The molecule has 124 valence electrons. The Morgan fingerprint density at radius 1 is 1.04 bits per heavy atom. The highest BCUT2D eigenvalue weighted by atomic mass is 16.6. The summed E-state index contributed by atoms with van der Waals surface area (Å²) in [6, 6.07) is 0. The Hall–Kier alpha value is -2.44. The highest BCUT2D eigenvalue weighted by Gasteiger charge is 2.26. The molecule has 1 aromatic heterocycles. The predicted molar refractivity (Wildman–Crippen MR) is 90.0 cm³/mol. The number of amides is 1. The van der Waals surface area contributed by atoms with Crippen LogP contribution in [-0.4, -0.2) is 57.7 Å². The average molecular weight is 317 g/mol. The van der Waals surface area contributed by atoms with Gasteiger partial charge in [-0.1, -0.05) is 13.2 Å². The Morgan fingerprint density at radius 3 is 2.00 bits per heavy atom. The average Bonchev–Trinajstić information content (AvgIpc) is 2.52. The summed E-state index contributed by atoms with van der Waals surface area (Å²) in [4.78, 5) is 28.7. The van der Waals surface area contributed by atoms with Gasteiger partial charge in [-0.15, -0.1) is 0 Å². The van der Waals surface area contributed by atoms with Gasteiger partial charge in [0, 0.05) is 26.2 Å². The molecule has 0 unspecified atom stereocenters. The van der Waals surface area contributed by atoms with Crippen LogP contribution in [0, 0.1) is 0 Å². The summed E-state index contributed by atoms with van der Waals surface area (Å²) >= 11 is 0. The molecule has 0 aromatic carbocycles. The van der Waals surface area contributed by atoms with Crippen LogP contribution in [0.4, 0.5) is 10.7 Å². The monoisotopic (exact) mass is 317 g/mol. The van der Waals surface area contributed by atoms with E-state index in [-0.39, 0.29) is 6.09 Å². The number of anilines is 1. The number of piperazine rings is 1. The molecule has 7 nitrogen and oxygen atoms in total. The summed E-state index contributed by atoms with van der Waals surface area (Å²) in [6.45, 7) is 15.4. The lowest BCUT2D eigenvalue weighted by molar-refractivity contribution is 0.0240. The maximum atomic E-state index is 12.1. The normalized spacial score (nSPS) is 15.3. The fourth-order valence-electron chi connectivity index (χ4n) is 2.14. The molecule has 0 atom stereocenters. The number of rotatable bonds is 3. The Kier molecular flexibility index (Phi) is 4.98. The van der Waals surface area contributed by atoms with Crippen molar-refractivity contribution in [3.63, 3.8) is 0 Å². The van der Waals surface area contributed by atoms with E-state index in [4.69, 9.17) is 4.74 Å². The van der Waals surface area contributed by atoms with Crippen molar-refractivity contribution in [2.75, 3.05) is 31.1 Å². The van der Waals surface area contributed by atoms with Crippen LogP contribution in [0.3, 0.4) is 0 Å². The number of carbonyl (C=O) groups excluding carboxylic acids is 1. The minimum Gasteiger partial charge on any atom is -0.444 e. The first-order valence-electron chi connectivity index (χ1n) is 7.56. The van der Waals surface area contributed by atoms with Crippen molar-refractivity contribution in [1.29, 1.82) is 0 Å². The minimum atomic E-state index is -0.486. The molecule has 7 heteroatoms. The third-order valence-corrected chi connectivity index (χ3v) is 3.24. The van der Waals surface area contributed by atoms with Gasteiger partial charge in [0.05, 0.1) is 0 Å². The molecule has 0 N–H and O–H groups in total. The molecule has 1 fully saturated rings. The lowest BCUT2D eigenvalue weighted by Crippen LogP contribution is -2.50. The van der Waals surface area contributed by atoms with E-state index in [1.54, 1.807) is 17.1 Å². The van der Waals surface area contributed by atoms with E-state index in [1.807, 2.05) is 25.7 Å². The van der Waals surface area contributed by atoms with Gasteiger partial charge >= 0.3 is 6.09 Å². The number of nitrogens with zero attached hydrogens (tertiary/aromatic N) is 5. The van der Waals surface area contributed by atoms with Crippen LogP contribution in [0.25, 0.3) is 12.2 Å². The number of carbonyl (C=O) groups is 1. The molecule has 0 aliphatic carbocycles. The molecule has 1 saturated heterocycles. The molecule has 1 aliphatic heterocycles. The van der Waals surface area contributed by atoms with Gasteiger partial charge in [-0.2, -0.15) is 9.97 Å². The molecule has 0 saturated carbocycles. The second-order valence-corrected chi connectivity index (χ2v) is 6.21. The van der Waals surface area contributed by atoms with E-state index in [9.17, 15) is 4.79 Å². The quantitative estimate of drug-likeness (QED) is 0.851. The van der Waals surface area contributed by atoms with Crippen molar-refractivity contribution in [3.8, 4) is 0 Å². The van der Waals surface area contributed by atoms with Crippen LogP contribution < -0.4 is 4.90 Å². The van der Waals surface area contributed by atoms with E-state index in [2.05, 4.69) is 28.1 Å². The van der Waals surface area contributed by atoms with Crippen molar-refractivity contribution in [1.82, 2.24) is 19.9 Å². The lowest BCUT2D eigenvalue weighted by atomic mass is 10.2. The van der Waals surface area contributed by atoms with E-state index in [1.165, 1.54) is 0 Å². The first-order chi connectivity index (χ1) is 10.8. The van der Waals surface area contributed by atoms with Crippen molar-refractivity contribution in [2.24, 2.45) is 0 Å². The van der Waals surface area contributed by atoms with Gasteiger partial charge in [-0.05, 0) is 32.9 Å². The molecule has 0 spiro atoms. The summed E-state index contributed by atoms with van der Waals surface area (Å²) < 4.78 is 5.39. The molecule has 0 bridgehead atoms. The third-order valence-electron chi connectivity index (χ3n) is 3.24. The molecular formula is C16H23N5O2. The molecular weight excluding hydrogens is 294 g/mol. The van der Waals surface area contributed by atoms with Gasteiger partial charge in [0.25, 0.3) is 0 Å². The molecule has 1 aromatic rings. The minimum absolute atomic E-state index is 0.286. The van der Waals surface area contributed by atoms with Crippen LogP contribution in [0.15, 0.2) is 13.2 Å². The Labute approximate surface area is 136 Å². The third kappa shape index (κ3) is 4.51. The topological polar surface area (TPSA) is 71.5 Å². The maximum Gasteiger partial charge on any atom is 0.410 e. The van der Waals surface area contributed by atoms with Crippen LogP contribution in [0.2, 0.25) is 0 Å². The zero-order valence-corrected chi connectivity index (χ0v) is 13.9. The zero-order valence-electron chi connectivity index (χ0n) is 13.9. The SMILES string of the molecule is C=Cc1nc(C=C)nc(N2CCN(C(=O)OC(C)(C)C)CC2)n1. The van der Waals surface area contributed by atoms with Crippen molar-refractivity contribution in [2.45, 2.75) is 26.4 Å². The second kappa shape index (κ2) is 6.76. The lowest BCUT2D eigenvalue weighted by Gasteiger charge is -2.35. The number of hydrogen-bond acceptors (Lipinski definition) is 6. The summed E-state index contributed by atoms with van der Waals surface area (Å²) in [5, 5.41) is 0. The van der Waals surface area contributed by atoms with Gasteiger partial charge in [0.1, 0.15) is 5.60 Å². The molecule has 1 aliphatic rings. The highest BCUT2D eigenvalue weighted by Crippen LogP contribution is 2.15.